The van der Waals surface area contributed by atoms with Gasteiger partial charge in [0.1, 0.15) is 0 Å². The third-order valence-electron chi connectivity index (χ3n) is 2.56. The van der Waals surface area contributed by atoms with Gasteiger partial charge in [0.25, 0.3) is 0 Å². The fraction of sp³-hybridized carbons (Fsp3) is 0.900. The summed E-state index contributed by atoms with van der Waals surface area (Å²) in [5.41, 5.74) is 0. The number of carboxylic acid groups (broad SMARTS) is 1. The van der Waals surface area contributed by atoms with Gasteiger partial charge in [-0.3, -0.25) is 4.79 Å². The first-order chi connectivity index (χ1) is 6.08. The molecule has 13 heavy (non-hydrogen) atoms. The number of carboxylic acids is 1. The van der Waals surface area contributed by atoms with E-state index in [4.69, 9.17) is 5.11 Å². The minimum absolute atomic E-state index is 0.310. The molecule has 1 aliphatic heterocycles. The van der Waals surface area contributed by atoms with Crippen molar-refractivity contribution in [3.63, 3.8) is 0 Å². The zero-order valence-electron chi connectivity index (χ0n) is 8.49. The Morgan fingerprint density at radius 2 is 2.23 bits per heavy atom. The summed E-state index contributed by atoms with van der Waals surface area (Å²) in [4.78, 5) is 12.7. The van der Waals surface area contributed by atoms with Gasteiger partial charge < -0.3 is 10.0 Å². The van der Waals surface area contributed by atoms with Crippen molar-refractivity contribution in [2.75, 3.05) is 19.6 Å². The van der Waals surface area contributed by atoms with E-state index in [1.165, 1.54) is 13.1 Å². The van der Waals surface area contributed by atoms with E-state index < -0.39 is 5.97 Å². The Hall–Kier alpha value is -0.570. The SMILES string of the molecule is CC(CCC(=O)O)CN1CC(C)C1. The Bertz CT molecular complexity index is 176. The normalized spacial score (nSPS) is 21.1. The molecule has 1 saturated heterocycles. The highest BCUT2D eigenvalue weighted by molar-refractivity contribution is 5.66. The first kappa shape index (κ1) is 10.5. The van der Waals surface area contributed by atoms with E-state index in [2.05, 4.69) is 18.7 Å². The summed E-state index contributed by atoms with van der Waals surface area (Å²) < 4.78 is 0. The molecule has 1 fully saturated rings. The van der Waals surface area contributed by atoms with Gasteiger partial charge in [-0.05, 0) is 18.3 Å². The third-order valence-corrected chi connectivity index (χ3v) is 2.56. The lowest BCUT2D eigenvalue weighted by Gasteiger charge is -2.38. The molecular weight excluding hydrogens is 166 g/mol. The van der Waals surface area contributed by atoms with Crippen LogP contribution in [0.3, 0.4) is 0 Å². The molecule has 3 heteroatoms. The molecule has 0 amide bonds. The molecule has 0 aromatic rings. The van der Waals surface area contributed by atoms with Gasteiger partial charge in [-0.15, -0.1) is 0 Å². The molecule has 1 heterocycles. The van der Waals surface area contributed by atoms with Gasteiger partial charge in [0, 0.05) is 26.1 Å². The van der Waals surface area contributed by atoms with Crippen LogP contribution in [0.2, 0.25) is 0 Å². The first-order valence-corrected chi connectivity index (χ1v) is 5.02. The maximum atomic E-state index is 10.3. The summed E-state index contributed by atoms with van der Waals surface area (Å²) in [6, 6.07) is 0. The van der Waals surface area contributed by atoms with Crippen LogP contribution in [-0.2, 0) is 4.79 Å². The van der Waals surface area contributed by atoms with Crippen molar-refractivity contribution in [1.29, 1.82) is 0 Å². The van der Waals surface area contributed by atoms with Crippen molar-refractivity contribution in [2.24, 2.45) is 11.8 Å². The Kier molecular flexibility index (Phi) is 3.72. The van der Waals surface area contributed by atoms with Crippen molar-refractivity contribution < 1.29 is 9.90 Å². The standard InChI is InChI=1S/C10H19NO2/c1-8(3-4-10(12)13)5-11-6-9(2)7-11/h8-9H,3-7H2,1-2H3,(H,12,13). The Morgan fingerprint density at radius 1 is 1.62 bits per heavy atom. The lowest BCUT2D eigenvalue weighted by molar-refractivity contribution is -0.137. The minimum Gasteiger partial charge on any atom is -0.481 e. The fourth-order valence-electron chi connectivity index (χ4n) is 1.88. The van der Waals surface area contributed by atoms with E-state index >= 15 is 0 Å². The molecule has 3 nitrogen and oxygen atoms in total. The molecule has 0 radical (unpaired) electrons. The average Bonchev–Trinajstić information content (AvgIpc) is 1.98. The lowest BCUT2D eigenvalue weighted by Crippen LogP contribution is -2.46. The predicted molar refractivity (Wildman–Crippen MR) is 51.6 cm³/mol. The molecule has 1 rings (SSSR count). The molecular formula is C10H19NO2. The number of carbonyl (C=O) groups is 1. The van der Waals surface area contributed by atoms with E-state index in [-0.39, 0.29) is 0 Å². The van der Waals surface area contributed by atoms with E-state index in [1.807, 2.05) is 0 Å². The summed E-state index contributed by atoms with van der Waals surface area (Å²) in [6.07, 6.45) is 1.12. The molecule has 0 aromatic carbocycles. The van der Waals surface area contributed by atoms with E-state index in [9.17, 15) is 4.79 Å². The van der Waals surface area contributed by atoms with Gasteiger partial charge in [0.2, 0.25) is 0 Å². The maximum Gasteiger partial charge on any atom is 0.303 e. The van der Waals surface area contributed by atoms with Crippen LogP contribution in [-0.4, -0.2) is 35.6 Å². The monoisotopic (exact) mass is 185 g/mol. The molecule has 0 spiro atoms. The largest absolute Gasteiger partial charge is 0.481 e. The van der Waals surface area contributed by atoms with Crippen molar-refractivity contribution in [1.82, 2.24) is 4.90 Å². The second-order valence-corrected chi connectivity index (χ2v) is 4.36. The van der Waals surface area contributed by atoms with E-state index in [1.54, 1.807) is 0 Å². The van der Waals surface area contributed by atoms with Gasteiger partial charge in [0.15, 0.2) is 0 Å². The molecule has 1 unspecified atom stereocenters. The van der Waals surface area contributed by atoms with Crippen LogP contribution in [0.5, 0.6) is 0 Å². The summed E-state index contributed by atoms with van der Waals surface area (Å²) in [5, 5.41) is 8.50. The Balaban J connectivity index is 2.04. The number of nitrogens with zero attached hydrogens (tertiary/aromatic N) is 1. The molecule has 0 aliphatic carbocycles. The molecule has 1 atom stereocenters. The molecule has 1 aliphatic rings. The van der Waals surface area contributed by atoms with Gasteiger partial charge >= 0.3 is 5.97 Å². The van der Waals surface area contributed by atoms with Crippen LogP contribution >= 0.6 is 0 Å². The molecule has 0 aromatic heterocycles. The second kappa shape index (κ2) is 4.61. The molecule has 0 bridgehead atoms. The van der Waals surface area contributed by atoms with Crippen LogP contribution in [0.25, 0.3) is 0 Å². The molecule has 0 saturated carbocycles. The third kappa shape index (κ3) is 3.77. The van der Waals surface area contributed by atoms with Crippen LogP contribution in [0.15, 0.2) is 0 Å². The number of hydrogen-bond acceptors (Lipinski definition) is 2. The van der Waals surface area contributed by atoms with Crippen molar-refractivity contribution in [3.05, 3.63) is 0 Å². The predicted octanol–water partition coefficient (Wildman–Crippen LogP) is 1.44. The molecule has 1 N–H and O–H groups in total. The number of likely N-dealkylation sites (tertiary alicyclic amines) is 1. The number of hydrogen-bond donors (Lipinski definition) is 1. The van der Waals surface area contributed by atoms with E-state index in [0.29, 0.717) is 12.3 Å². The van der Waals surface area contributed by atoms with Crippen LogP contribution in [0.1, 0.15) is 26.7 Å². The summed E-state index contributed by atoms with van der Waals surface area (Å²) in [6.45, 7) is 7.83. The smallest absolute Gasteiger partial charge is 0.303 e. The van der Waals surface area contributed by atoms with Gasteiger partial charge in [-0.25, -0.2) is 0 Å². The fourth-order valence-corrected chi connectivity index (χ4v) is 1.88. The second-order valence-electron chi connectivity index (χ2n) is 4.36. The van der Waals surface area contributed by atoms with Gasteiger partial charge in [-0.1, -0.05) is 13.8 Å². The highest BCUT2D eigenvalue weighted by Gasteiger charge is 2.23. The average molecular weight is 185 g/mol. The molecule has 76 valence electrons. The summed E-state index contributed by atoms with van der Waals surface area (Å²) in [5.74, 6) is 0.680. The highest BCUT2D eigenvalue weighted by Crippen LogP contribution is 2.17. The zero-order chi connectivity index (χ0) is 9.84. The van der Waals surface area contributed by atoms with Gasteiger partial charge in [-0.2, -0.15) is 0 Å². The van der Waals surface area contributed by atoms with Crippen molar-refractivity contribution in [2.45, 2.75) is 26.7 Å². The Labute approximate surface area is 79.7 Å². The van der Waals surface area contributed by atoms with Crippen LogP contribution in [0.4, 0.5) is 0 Å². The Morgan fingerprint density at radius 3 is 2.69 bits per heavy atom. The highest BCUT2D eigenvalue weighted by atomic mass is 16.4. The maximum absolute atomic E-state index is 10.3. The lowest BCUT2D eigenvalue weighted by atomic mass is 9.98. The number of rotatable bonds is 5. The van der Waals surface area contributed by atoms with Crippen LogP contribution in [0, 0.1) is 11.8 Å². The zero-order valence-corrected chi connectivity index (χ0v) is 8.49. The number of aliphatic carboxylic acids is 1. The van der Waals surface area contributed by atoms with E-state index in [0.717, 1.165) is 18.9 Å². The quantitative estimate of drug-likeness (QED) is 0.704. The first-order valence-electron chi connectivity index (χ1n) is 5.02. The minimum atomic E-state index is -0.677. The van der Waals surface area contributed by atoms with Crippen molar-refractivity contribution in [3.8, 4) is 0 Å². The summed E-state index contributed by atoms with van der Waals surface area (Å²) in [7, 11) is 0. The summed E-state index contributed by atoms with van der Waals surface area (Å²) >= 11 is 0. The van der Waals surface area contributed by atoms with Crippen LogP contribution < -0.4 is 0 Å². The van der Waals surface area contributed by atoms with Crippen molar-refractivity contribution >= 4 is 5.97 Å². The van der Waals surface area contributed by atoms with Gasteiger partial charge in [0.05, 0.1) is 0 Å². The topological polar surface area (TPSA) is 40.5 Å².